The molecule has 6 rings (SSSR count). The van der Waals surface area contributed by atoms with Crippen LogP contribution in [0.3, 0.4) is 0 Å². The molecule has 4 bridgehead atoms. The molecule has 0 radical (unpaired) electrons. The smallest absolute Gasteiger partial charge is 0.156 e. The van der Waals surface area contributed by atoms with Crippen LogP contribution in [-0.4, -0.2) is 28.3 Å². The van der Waals surface area contributed by atoms with E-state index >= 15 is 0 Å². The molecule has 2 N–H and O–H groups in total. The van der Waals surface area contributed by atoms with Gasteiger partial charge in [-0.2, -0.15) is 5.10 Å². The molecule has 1 aromatic rings. The molecular formula is C17H26N4. The van der Waals surface area contributed by atoms with E-state index in [0.29, 0.717) is 11.3 Å². The maximum absolute atomic E-state index is 5.02. The van der Waals surface area contributed by atoms with Crippen LogP contribution in [0.2, 0.25) is 0 Å². The SMILES string of the molecule is C1CNCC(c2nc(C34CC5CC(CC(C5)C3)C4)n[nH]2)C1. The number of rotatable bonds is 2. The van der Waals surface area contributed by atoms with E-state index in [2.05, 4.69) is 10.4 Å². The van der Waals surface area contributed by atoms with Gasteiger partial charge in [0.15, 0.2) is 5.82 Å². The van der Waals surface area contributed by atoms with Gasteiger partial charge >= 0.3 is 0 Å². The van der Waals surface area contributed by atoms with Crippen LogP contribution in [0.4, 0.5) is 0 Å². The Bertz CT molecular complexity index is 493. The van der Waals surface area contributed by atoms with Gasteiger partial charge in [-0.15, -0.1) is 0 Å². The highest BCUT2D eigenvalue weighted by atomic mass is 15.2. The van der Waals surface area contributed by atoms with E-state index in [4.69, 9.17) is 10.1 Å². The Morgan fingerprint density at radius 3 is 2.33 bits per heavy atom. The van der Waals surface area contributed by atoms with Gasteiger partial charge in [-0.05, 0) is 75.7 Å². The number of nitrogens with one attached hydrogen (secondary N) is 2. The van der Waals surface area contributed by atoms with Crippen LogP contribution in [0.1, 0.15) is 68.9 Å². The topological polar surface area (TPSA) is 53.6 Å². The molecule has 0 spiro atoms. The van der Waals surface area contributed by atoms with Crippen molar-refractivity contribution in [3.63, 3.8) is 0 Å². The molecule has 0 amide bonds. The third-order valence-electron chi connectivity index (χ3n) is 6.70. The summed E-state index contributed by atoms with van der Waals surface area (Å²) >= 11 is 0. The zero-order valence-corrected chi connectivity index (χ0v) is 12.8. The molecule has 5 aliphatic rings. The maximum Gasteiger partial charge on any atom is 0.156 e. The summed E-state index contributed by atoms with van der Waals surface area (Å²) in [5.74, 6) is 5.77. The molecule has 1 unspecified atom stereocenters. The van der Waals surface area contributed by atoms with Gasteiger partial charge < -0.3 is 5.32 Å². The van der Waals surface area contributed by atoms with Gasteiger partial charge in [0, 0.05) is 17.9 Å². The molecule has 21 heavy (non-hydrogen) atoms. The molecule has 1 saturated heterocycles. The third-order valence-corrected chi connectivity index (χ3v) is 6.70. The first-order valence-electron chi connectivity index (χ1n) is 8.94. The molecule has 2 heterocycles. The fourth-order valence-electron chi connectivity index (χ4n) is 6.16. The summed E-state index contributed by atoms with van der Waals surface area (Å²) in [5.41, 5.74) is 0.339. The Morgan fingerprint density at radius 1 is 1.00 bits per heavy atom. The largest absolute Gasteiger partial charge is 0.316 e. The van der Waals surface area contributed by atoms with Crippen LogP contribution < -0.4 is 5.32 Å². The summed E-state index contributed by atoms with van der Waals surface area (Å²) in [4.78, 5) is 5.02. The fourth-order valence-corrected chi connectivity index (χ4v) is 6.16. The van der Waals surface area contributed by atoms with Crippen molar-refractivity contribution < 1.29 is 0 Å². The minimum atomic E-state index is 0.339. The quantitative estimate of drug-likeness (QED) is 0.879. The minimum absolute atomic E-state index is 0.339. The highest BCUT2D eigenvalue weighted by Crippen LogP contribution is 2.60. The first-order chi connectivity index (χ1) is 10.3. The van der Waals surface area contributed by atoms with Crippen LogP contribution in [0, 0.1) is 17.8 Å². The van der Waals surface area contributed by atoms with E-state index in [9.17, 15) is 0 Å². The normalized spacial score (nSPS) is 45.1. The van der Waals surface area contributed by atoms with E-state index in [0.717, 1.165) is 36.7 Å². The second kappa shape index (κ2) is 4.55. The predicted octanol–water partition coefficient (Wildman–Crippen LogP) is 2.74. The Morgan fingerprint density at radius 2 is 1.71 bits per heavy atom. The fraction of sp³-hybridized carbons (Fsp3) is 0.882. The zero-order valence-electron chi connectivity index (χ0n) is 12.8. The summed E-state index contributed by atoms with van der Waals surface area (Å²) in [6.07, 6.45) is 11.1. The molecule has 5 fully saturated rings. The number of H-pyrrole nitrogens is 1. The number of piperidine rings is 1. The van der Waals surface area contributed by atoms with Crippen LogP contribution in [0.15, 0.2) is 0 Å². The monoisotopic (exact) mass is 286 g/mol. The van der Waals surface area contributed by atoms with Gasteiger partial charge in [0.05, 0.1) is 0 Å². The number of nitrogens with zero attached hydrogens (tertiary/aromatic N) is 2. The van der Waals surface area contributed by atoms with Crippen LogP contribution in [0.5, 0.6) is 0 Å². The third kappa shape index (κ3) is 1.98. The lowest BCUT2D eigenvalue weighted by molar-refractivity contribution is -0.00926. The van der Waals surface area contributed by atoms with Gasteiger partial charge in [-0.3, -0.25) is 5.10 Å². The van der Waals surface area contributed by atoms with Gasteiger partial charge in [0.2, 0.25) is 0 Å². The van der Waals surface area contributed by atoms with Crippen molar-refractivity contribution in [2.75, 3.05) is 13.1 Å². The van der Waals surface area contributed by atoms with Crippen LogP contribution >= 0.6 is 0 Å². The van der Waals surface area contributed by atoms with Crippen LogP contribution in [0.25, 0.3) is 0 Å². The van der Waals surface area contributed by atoms with Crippen molar-refractivity contribution in [1.29, 1.82) is 0 Å². The number of hydrogen-bond acceptors (Lipinski definition) is 3. The lowest BCUT2D eigenvalue weighted by Crippen LogP contribution is -2.49. The highest BCUT2D eigenvalue weighted by Gasteiger charge is 2.53. The lowest BCUT2D eigenvalue weighted by Gasteiger charge is -2.55. The Kier molecular flexibility index (Phi) is 2.73. The zero-order chi connectivity index (χ0) is 13.9. The van der Waals surface area contributed by atoms with Gasteiger partial charge in [-0.25, -0.2) is 4.98 Å². The first kappa shape index (κ1) is 12.6. The molecule has 4 saturated carbocycles. The summed E-state index contributed by atoms with van der Waals surface area (Å²) in [6.45, 7) is 2.22. The molecule has 4 nitrogen and oxygen atoms in total. The first-order valence-corrected chi connectivity index (χ1v) is 8.94. The predicted molar refractivity (Wildman–Crippen MR) is 81.1 cm³/mol. The van der Waals surface area contributed by atoms with Crippen molar-refractivity contribution in [3.05, 3.63) is 11.6 Å². The maximum atomic E-state index is 5.02. The molecule has 4 aliphatic carbocycles. The molecule has 0 aromatic carbocycles. The average molecular weight is 286 g/mol. The summed E-state index contributed by atoms with van der Waals surface area (Å²) in [7, 11) is 0. The molecule has 1 aliphatic heterocycles. The second-order valence-corrected chi connectivity index (χ2v) is 8.29. The standard InChI is InChI=1S/C17H26N4/c1-2-14(10-18-3-1)15-19-16(21-20-15)17-7-11-4-12(8-17)6-13(5-11)9-17/h11-14,18H,1-10H2,(H,19,20,21). The Labute approximate surface area is 126 Å². The van der Waals surface area contributed by atoms with E-state index in [1.807, 2.05) is 0 Å². The molecular weight excluding hydrogens is 260 g/mol. The number of aromatic nitrogens is 3. The van der Waals surface area contributed by atoms with Crippen LogP contribution in [-0.2, 0) is 5.41 Å². The summed E-state index contributed by atoms with van der Waals surface area (Å²) in [5, 5.41) is 11.5. The second-order valence-electron chi connectivity index (χ2n) is 8.29. The summed E-state index contributed by atoms with van der Waals surface area (Å²) < 4.78 is 0. The lowest BCUT2D eigenvalue weighted by atomic mass is 9.49. The van der Waals surface area contributed by atoms with Gasteiger partial charge in [0.25, 0.3) is 0 Å². The van der Waals surface area contributed by atoms with Crippen molar-refractivity contribution in [3.8, 4) is 0 Å². The van der Waals surface area contributed by atoms with E-state index in [1.165, 1.54) is 57.2 Å². The Balaban J connectivity index is 1.44. The Hall–Kier alpha value is -0.900. The van der Waals surface area contributed by atoms with Crippen molar-refractivity contribution in [2.45, 2.75) is 62.7 Å². The molecule has 4 heteroatoms. The van der Waals surface area contributed by atoms with Crippen molar-refractivity contribution in [2.24, 2.45) is 17.8 Å². The average Bonchev–Trinajstić information content (AvgIpc) is 2.97. The van der Waals surface area contributed by atoms with Crippen molar-refractivity contribution >= 4 is 0 Å². The number of hydrogen-bond donors (Lipinski definition) is 2. The van der Waals surface area contributed by atoms with E-state index < -0.39 is 0 Å². The molecule has 114 valence electrons. The van der Waals surface area contributed by atoms with Gasteiger partial charge in [0.1, 0.15) is 5.82 Å². The highest BCUT2D eigenvalue weighted by molar-refractivity contribution is 5.18. The summed E-state index contributed by atoms with van der Waals surface area (Å²) in [6, 6.07) is 0. The molecule has 1 aromatic heterocycles. The van der Waals surface area contributed by atoms with Crippen molar-refractivity contribution in [1.82, 2.24) is 20.5 Å². The molecule has 1 atom stereocenters. The van der Waals surface area contributed by atoms with Gasteiger partial charge in [-0.1, -0.05) is 0 Å². The van der Waals surface area contributed by atoms with E-state index in [1.54, 1.807) is 0 Å². The minimum Gasteiger partial charge on any atom is -0.316 e. The number of aromatic amines is 1. The van der Waals surface area contributed by atoms with E-state index in [-0.39, 0.29) is 0 Å².